The first kappa shape index (κ1) is 128. The van der Waals surface area contributed by atoms with Crippen molar-refractivity contribution in [3.8, 4) is 0 Å². The summed E-state index contributed by atoms with van der Waals surface area (Å²) < 4.78 is 140. The smallest absolute Gasteiger partial charge is 1.00 e. The Balaban J connectivity index is -0.000000688. The van der Waals surface area contributed by atoms with E-state index in [1.54, 1.807) is 118 Å². The molecule has 11 fully saturated rings. The van der Waals surface area contributed by atoms with Gasteiger partial charge in [-0.3, -0.25) is 32.6 Å². The Hall–Kier alpha value is -2.72. The number of carbonyl (C=O) groups is 6. The molecule has 14 aliphatic heterocycles. The maximum atomic E-state index is 12.5. The summed E-state index contributed by atoms with van der Waals surface area (Å²) in [4.78, 5) is 74.7. The fraction of sp³-hybridized carbons (Fsp3) is 0.737. The van der Waals surface area contributed by atoms with E-state index < -0.39 is 176 Å². The minimum Gasteiger partial charge on any atom is -1.00 e. The second-order valence-electron chi connectivity index (χ2n) is 31.8. The second kappa shape index (κ2) is 52.0. The first-order valence-electron chi connectivity index (χ1n) is 37.8. The number of hydrogen-bond donors (Lipinski definition) is 12. The van der Waals surface area contributed by atoms with Crippen LogP contribution in [-0.4, -0.2) is 363 Å². The van der Waals surface area contributed by atoms with Crippen LogP contribution < -0.4 is 91.3 Å². The number of amides is 4. The summed E-state index contributed by atoms with van der Waals surface area (Å²) in [7, 11) is -7.14. The van der Waals surface area contributed by atoms with Crippen LogP contribution in [-0.2, 0) is 114 Å². The SMILES string of the molecule is C.CC1(C)O[C@@H]2[C@H](CN3C(=O)c4ccccc4C3=O)OC(C)(O)[C@@H]2O1.CC1(C)O[C@@H]2[C@H](CO)OC(=O)[C@@H]2O1.CC1(C)O[C@@H]2[C@H](COS(C)(=O)=O)OC(=O)[C@@H]2O1.CC1(C)O[C@@H]2[C@H](COS(C)(=O)=O)OC(C)(O)[C@@H]2O1.CC1=NC[C@H](O)[C@H]2OC(C)(C)O[C@@H]12.CCO.CCO.C[C@H]1NC[C@H](O)[C@H]2OC(C)(C)O[C@H]21.Cl.F.N.NNO.O=C1[N-]C(=O)c2ccccc21.[2HH].[B].[Br-].[CH3-].[K+].[Mg+2]. The van der Waals surface area contributed by atoms with Gasteiger partial charge < -0.3 is 168 Å². The Morgan fingerprint density at radius 2 is 0.874 bits per heavy atom. The summed E-state index contributed by atoms with van der Waals surface area (Å²) in [6.07, 6.45) is -7.44. The number of β-amino-alcohol motifs (C(OH)–C–C–N with tert-alkyl or cyclic N) is 1. The third-order valence-electron chi connectivity index (χ3n) is 18.9. The molecule has 51 heteroatoms. The van der Waals surface area contributed by atoms with Crippen molar-refractivity contribution in [1.82, 2.24) is 22.0 Å². The van der Waals surface area contributed by atoms with Crippen LogP contribution in [0.5, 0.6) is 0 Å². The number of cyclic esters (lactones) is 2. The number of nitrogens with one attached hydrogen (secondary N) is 2. The van der Waals surface area contributed by atoms with Gasteiger partial charge in [-0.25, -0.2) is 15.4 Å². The number of esters is 2. The number of imide groups is 2. The van der Waals surface area contributed by atoms with E-state index in [0.717, 1.165) is 23.1 Å². The number of aliphatic imine (C=N–C) groups is 1. The molecule has 15 N–H and O–H groups in total. The van der Waals surface area contributed by atoms with E-state index in [1.165, 1.54) is 19.4 Å². The van der Waals surface area contributed by atoms with Crippen molar-refractivity contribution in [3.05, 3.63) is 83.5 Å². The first-order chi connectivity index (χ1) is 54.4. The molecule has 14 aliphatic rings. The number of hydrazine groups is 1. The van der Waals surface area contributed by atoms with Crippen molar-refractivity contribution in [2.75, 3.05) is 65.2 Å². The number of piperidine rings is 1. The van der Waals surface area contributed by atoms with Gasteiger partial charge in [-0.15, -0.1) is 18.0 Å². The number of rotatable bonds is 9. The number of aliphatic hydroxyl groups excluding tert-OH is 5. The Morgan fingerprint density at radius 1 is 0.551 bits per heavy atom. The van der Waals surface area contributed by atoms with Crippen molar-refractivity contribution in [2.24, 2.45) is 10.8 Å². The van der Waals surface area contributed by atoms with E-state index in [1.807, 2.05) is 41.5 Å². The van der Waals surface area contributed by atoms with Crippen LogP contribution in [0, 0.1) is 7.43 Å². The number of nitrogens with two attached hydrogens (primary N) is 1. The Bertz CT molecular complexity index is 4040. The fourth-order valence-electron chi connectivity index (χ4n) is 14.3. The van der Waals surface area contributed by atoms with Crippen LogP contribution in [0.2, 0.25) is 0 Å². The van der Waals surface area contributed by atoms with E-state index in [2.05, 4.69) is 29.8 Å². The van der Waals surface area contributed by atoms with Crippen molar-refractivity contribution in [3.63, 3.8) is 0 Å². The molecule has 0 aliphatic carbocycles. The van der Waals surface area contributed by atoms with Gasteiger partial charge in [0.2, 0.25) is 0 Å². The van der Waals surface area contributed by atoms with E-state index in [-0.39, 0.29) is 221 Å². The molecule has 21 atom stereocenters. The Morgan fingerprint density at radius 3 is 1.27 bits per heavy atom. The van der Waals surface area contributed by atoms with Crippen molar-refractivity contribution in [1.29, 1.82) is 0 Å². The minimum absolute atomic E-state index is 0. The largest absolute Gasteiger partial charge is 2.00 e. The second-order valence-corrected chi connectivity index (χ2v) is 35.1. The predicted molar refractivity (Wildman–Crippen MR) is 446 cm³/mol. The van der Waals surface area contributed by atoms with Crippen LogP contribution in [0.1, 0.15) is 175 Å². The van der Waals surface area contributed by atoms with Gasteiger partial charge in [0.15, 0.2) is 70.7 Å². The molecular weight excluding hydrogens is 1860 g/mol. The molecule has 14 heterocycles. The Kier molecular flexibility index (Phi) is 52.6. The zero-order valence-corrected chi connectivity index (χ0v) is 83.2. The van der Waals surface area contributed by atoms with Crippen LogP contribution in [0.15, 0.2) is 53.5 Å². The van der Waals surface area contributed by atoms with Crippen molar-refractivity contribution >= 4 is 105 Å². The number of fused-ring (bicyclic) bond motifs is 8. The number of aliphatic hydroxyl groups is 7. The molecule has 11 saturated heterocycles. The molecule has 127 heavy (non-hydrogen) atoms. The molecule has 0 aromatic heterocycles. The molecule has 0 bridgehead atoms. The monoisotopic (exact) mass is 1990 g/mol. The van der Waals surface area contributed by atoms with E-state index in [0.29, 0.717) is 35.3 Å². The zero-order valence-electron chi connectivity index (χ0n) is 74.7. The number of halogens is 3. The molecule has 0 spiro atoms. The molecule has 16 rings (SSSR count). The van der Waals surface area contributed by atoms with Gasteiger partial charge in [0.25, 0.3) is 32.1 Å². The summed E-state index contributed by atoms with van der Waals surface area (Å²) in [5.74, 6) is -5.98. The van der Waals surface area contributed by atoms with Gasteiger partial charge in [0.05, 0.1) is 67.9 Å². The molecule has 43 nitrogen and oxygen atoms in total. The van der Waals surface area contributed by atoms with Gasteiger partial charge in [-0.05, 0) is 137 Å². The topological polar surface area (TPSA) is 613 Å². The van der Waals surface area contributed by atoms with Crippen LogP contribution in [0.4, 0.5) is 4.70 Å². The van der Waals surface area contributed by atoms with Gasteiger partial charge in [-0.1, -0.05) is 43.8 Å². The first-order valence-corrected chi connectivity index (χ1v) is 41.5. The summed E-state index contributed by atoms with van der Waals surface area (Å²) in [5.41, 5.74) is 3.76. The van der Waals surface area contributed by atoms with Crippen LogP contribution >= 0.6 is 12.4 Å². The standard InChI is InChI=1S/C17H19NO6.C10H18O7S.C9H17NO3.C9H15NO3.C9H14O7S.C8H5NO2.C8H12O5.2C2H6O.CH4.CH3.B.BrH.ClH.FH.K.Mg.H4N2O.H3N.H2/c1-16(2)23-12-11(22-17(3,21)13(12)24-16)8-18-14(19)9-6-4-5-7-10(9)15(18)20;1-9(2)16-7-6(5-14-18(4,12)13)15-10(3,11)8(7)17-9;2*1-5-7-8(6(11)4-10-5)13-9(2,3)12-7;1-9(2)15-6-5(4-13-17(3,11)12)14-8(10)7(6)16-9;10-7-5-3-1-2-4-6(5)8(11)9-7;1-8(2)12-5-4(3-9)11-7(10)6(5)13-8;2*1-2-3;;;;;;;;;1-2-3;;/h4-7,11-13,21H,8H2,1-3H3;6-8,11H,5H2,1-4H3;5-8,10-11H,4H2,1-3H3;6-8,11H,4H2,1-3H3;5-7H,4H2,1-3H3;1-4H,(H,9,10,11);4-6,9H,3H2,1-2H3;2*3H,2H2,1H3;1H4;1H3;;3*1H;;;2-3H,1H2;1H3;1H/q;;;;;;;;;;-1;;;;;+1;+2;;;/p-2/t11-,12+,13+,17?;6-,7+,8+,10?;5-,6+,7+,8-;6-,7-,8+;5-,6+,7+;;4-,5+,6+;;;;;;;;;;;;;/m00100.0............./s1/i;;;;;;;;;;;;;;;;;;;1+1. The van der Waals surface area contributed by atoms with Crippen molar-refractivity contribution in [2.45, 2.75) is 294 Å². The summed E-state index contributed by atoms with van der Waals surface area (Å²) >= 11 is 0. The average molecular weight is 1990 g/mol. The van der Waals surface area contributed by atoms with Crippen LogP contribution in [0.3, 0.4) is 0 Å². The van der Waals surface area contributed by atoms with Gasteiger partial charge in [0.1, 0.15) is 86.0 Å². The van der Waals surface area contributed by atoms with Gasteiger partial charge in [-0.2, -0.15) is 16.8 Å². The number of ether oxygens (including phenoxy) is 16. The number of nitrogens with zero attached hydrogens (tertiary/aromatic N) is 3. The number of carbonyl (C=O) groups excluding carboxylic acids is 6. The normalized spacial score (nSPS) is 33.2. The predicted octanol–water partition coefficient (Wildman–Crippen LogP) is -4.96. The molecule has 723 valence electrons. The molecule has 4 amide bonds. The summed E-state index contributed by atoms with van der Waals surface area (Å²) in [6.45, 7) is 32.3. The maximum absolute atomic E-state index is 12.5. The quantitative estimate of drug-likeness (QED) is 0.0213. The fourth-order valence-corrected chi connectivity index (χ4v) is 15.1. The van der Waals surface area contributed by atoms with Crippen molar-refractivity contribution < 1.29 is 245 Å². The molecule has 0 saturated carbocycles. The minimum atomic E-state index is -3.57. The van der Waals surface area contributed by atoms with E-state index in [4.69, 9.17) is 96.3 Å². The average Bonchev–Trinajstić information content (AvgIpc) is 1.58. The molecular formula is C76H129BBrClFKMgN7O36S2. The molecule has 3 radical (unpaired) electrons. The summed E-state index contributed by atoms with van der Waals surface area (Å²) in [6, 6.07) is 13.6. The molecule has 2 unspecified atom stereocenters. The number of hydrogen-bond acceptors (Lipinski definition) is 41. The molecule has 2 aromatic rings. The third-order valence-corrected chi connectivity index (χ3v) is 20.0. The van der Waals surface area contributed by atoms with Crippen LogP contribution in [0.25, 0.3) is 5.32 Å². The maximum Gasteiger partial charge on any atom is 2.00 e. The van der Waals surface area contributed by atoms with E-state index in [9.17, 15) is 66.0 Å². The molecule has 2 aromatic carbocycles. The zero-order chi connectivity index (χ0) is 88.8. The summed E-state index contributed by atoms with van der Waals surface area (Å²) in [5, 5.41) is 77.4. The third kappa shape index (κ3) is 34.5. The number of benzene rings is 2. The van der Waals surface area contributed by atoms with E-state index >= 15 is 0 Å². The Labute approximate surface area is 819 Å². The van der Waals surface area contributed by atoms with Gasteiger partial charge in [0, 0.05) is 52.5 Å². The van der Waals surface area contributed by atoms with Gasteiger partial charge >= 0.3 is 86.4 Å².